The van der Waals surface area contributed by atoms with Crippen molar-refractivity contribution in [2.24, 2.45) is 0 Å². The van der Waals surface area contributed by atoms with E-state index in [1.54, 1.807) is 41.0 Å². The largest absolute Gasteiger partial charge is 0.325 e. The summed E-state index contributed by atoms with van der Waals surface area (Å²) in [6.07, 6.45) is 0. The van der Waals surface area contributed by atoms with Gasteiger partial charge in [0, 0.05) is 29.4 Å². The van der Waals surface area contributed by atoms with Crippen LogP contribution in [0.5, 0.6) is 0 Å². The average Bonchev–Trinajstić information content (AvgIpc) is 2.58. The summed E-state index contributed by atoms with van der Waals surface area (Å²) >= 11 is 5.87. The fourth-order valence-corrected chi connectivity index (χ4v) is 3.14. The second-order valence-corrected chi connectivity index (χ2v) is 6.39. The van der Waals surface area contributed by atoms with E-state index >= 15 is 0 Å². The van der Waals surface area contributed by atoms with Gasteiger partial charge < -0.3 is 9.80 Å². The highest BCUT2D eigenvalue weighted by atomic mass is 35.5. The molecule has 0 spiro atoms. The molecule has 1 fully saturated rings. The fraction of sp³-hybridized carbons (Fsp3) is 0.263. The molecule has 4 nitrogen and oxygen atoms in total. The molecular formula is C19H19ClN2O2. The third-order valence-electron chi connectivity index (χ3n) is 4.41. The van der Waals surface area contributed by atoms with Gasteiger partial charge in [-0.25, -0.2) is 0 Å². The molecule has 0 aromatic heterocycles. The van der Waals surface area contributed by atoms with Crippen LogP contribution < -0.4 is 4.90 Å². The van der Waals surface area contributed by atoms with Crippen molar-refractivity contribution in [1.82, 2.24) is 4.90 Å². The Kier molecular flexibility index (Phi) is 4.58. The number of amides is 2. The van der Waals surface area contributed by atoms with Crippen LogP contribution >= 0.6 is 11.6 Å². The second-order valence-electron chi connectivity index (χ2n) is 5.96. The predicted octanol–water partition coefficient (Wildman–Crippen LogP) is 3.53. The van der Waals surface area contributed by atoms with Gasteiger partial charge in [-0.2, -0.15) is 0 Å². The maximum Gasteiger partial charge on any atom is 0.254 e. The van der Waals surface area contributed by atoms with E-state index in [-0.39, 0.29) is 11.8 Å². The first-order valence-corrected chi connectivity index (χ1v) is 8.30. The number of halogens is 1. The first kappa shape index (κ1) is 16.5. The Morgan fingerprint density at radius 2 is 1.75 bits per heavy atom. The Balaban J connectivity index is 1.81. The van der Waals surface area contributed by atoms with Crippen LogP contribution in [-0.4, -0.2) is 35.8 Å². The molecule has 0 N–H and O–H groups in total. The third kappa shape index (κ3) is 3.02. The maximum absolute atomic E-state index is 12.8. The van der Waals surface area contributed by atoms with E-state index in [1.807, 2.05) is 31.2 Å². The van der Waals surface area contributed by atoms with Gasteiger partial charge in [-0.1, -0.05) is 29.8 Å². The van der Waals surface area contributed by atoms with Crippen molar-refractivity contribution in [3.8, 4) is 0 Å². The summed E-state index contributed by atoms with van der Waals surface area (Å²) in [6, 6.07) is 14.1. The number of aryl methyl sites for hydroxylation is 1. The van der Waals surface area contributed by atoms with Crippen LogP contribution in [0, 0.1) is 6.92 Å². The number of carbonyl (C=O) groups excluding carboxylic acids is 2. The van der Waals surface area contributed by atoms with E-state index in [2.05, 4.69) is 0 Å². The van der Waals surface area contributed by atoms with Crippen molar-refractivity contribution in [3.63, 3.8) is 0 Å². The molecule has 0 aliphatic carbocycles. The van der Waals surface area contributed by atoms with E-state index < -0.39 is 6.04 Å². The minimum absolute atomic E-state index is 0.0575. The highest BCUT2D eigenvalue weighted by Gasteiger charge is 2.35. The van der Waals surface area contributed by atoms with Crippen LogP contribution in [0.2, 0.25) is 5.02 Å². The highest BCUT2D eigenvalue weighted by molar-refractivity contribution is 6.30. The summed E-state index contributed by atoms with van der Waals surface area (Å²) in [6.45, 7) is 4.76. The van der Waals surface area contributed by atoms with Crippen LogP contribution in [0.15, 0.2) is 48.5 Å². The summed E-state index contributed by atoms with van der Waals surface area (Å²) in [5.74, 6) is -0.199. The number of hydrogen-bond acceptors (Lipinski definition) is 2. The summed E-state index contributed by atoms with van der Waals surface area (Å²) in [5.41, 5.74) is 2.51. The van der Waals surface area contributed by atoms with Gasteiger partial charge in [0.25, 0.3) is 5.91 Å². The van der Waals surface area contributed by atoms with E-state index in [9.17, 15) is 9.59 Å². The van der Waals surface area contributed by atoms with Crippen molar-refractivity contribution in [2.45, 2.75) is 19.9 Å². The molecule has 0 bridgehead atoms. The molecule has 2 aromatic rings. The van der Waals surface area contributed by atoms with E-state index in [0.717, 1.165) is 11.3 Å². The van der Waals surface area contributed by atoms with Gasteiger partial charge in [-0.05, 0) is 49.7 Å². The minimum Gasteiger partial charge on any atom is -0.325 e. The SMILES string of the molecule is Cc1ccccc1N1CCN(C(=O)c2ccc(Cl)cc2)[C@H](C)C1=O. The summed E-state index contributed by atoms with van der Waals surface area (Å²) in [4.78, 5) is 28.9. The number of hydrogen-bond donors (Lipinski definition) is 0. The Labute approximate surface area is 146 Å². The Morgan fingerprint density at radius 3 is 2.42 bits per heavy atom. The molecule has 2 aromatic carbocycles. The zero-order valence-electron chi connectivity index (χ0n) is 13.7. The second kappa shape index (κ2) is 6.65. The van der Waals surface area contributed by atoms with Gasteiger partial charge in [0.2, 0.25) is 5.91 Å². The summed E-state index contributed by atoms with van der Waals surface area (Å²) in [5, 5.41) is 0.583. The lowest BCUT2D eigenvalue weighted by Gasteiger charge is -2.39. The smallest absolute Gasteiger partial charge is 0.254 e. The molecule has 1 heterocycles. The summed E-state index contributed by atoms with van der Waals surface area (Å²) in [7, 11) is 0. The van der Waals surface area contributed by atoms with Crippen LogP contribution in [0.4, 0.5) is 5.69 Å². The maximum atomic E-state index is 12.8. The van der Waals surface area contributed by atoms with Crippen LogP contribution in [0.1, 0.15) is 22.8 Å². The van der Waals surface area contributed by atoms with Crippen molar-refractivity contribution in [3.05, 3.63) is 64.7 Å². The van der Waals surface area contributed by atoms with E-state index in [1.165, 1.54) is 0 Å². The lowest BCUT2D eigenvalue weighted by molar-refractivity contribution is -0.124. The first-order valence-electron chi connectivity index (χ1n) is 7.92. The molecule has 0 radical (unpaired) electrons. The third-order valence-corrected chi connectivity index (χ3v) is 4.67. The molecule has 3 rings (SSSR count). The van der Waals surface area contributed by atoms with Gasteiger partial charge in [-0.15, -0.1) is 0 Å². The molecule has 1 saturated heterocycles. The van der Waals surface area contributed by atoms with Gasteiger partial charge in [0.1, 0.15) is 6.04 Å². The predicted molar refractivity (Wildman–Crippen MR) is 95.5 cm³/mol. The zero-order chi connectivity index (χ0) is 17.3. The molecule has 1 aliphatic heterocycles. The Hall–Kier alpha value is -2.33. The molecular weight excluding hydrogens is 324 g/mol. The van der Waals surface area contributed by atoms with E-state index in [0.29, 0.717) is 23.7 Å². The van der Waals surface area contributed by atoms with Crippen molar-refractivity contribution in [1.29, 1.82) is 0 Å². The molecule has 0 saturated carbocycles. The number of nitrogens with zero attached hydrogens (tertiary/aromatic N) is 2. The highest BCUT2D eigenvalue weighted by Crippen LogP contribution is 2.25. The molecule has 2 amide bonds. The van der Waals surface area contributed by atoms with Crippen LogP contribution in [0.25, 0.3) is 0 Å². The molecule has 1 aliphatic rings. The molecule has 0 unspecified atom stereocenters. The topological polar surface area (TPSA) is 40.6 Å². The number of rotatable bonds is 2. The fourth-order valence-electron chi connectivity index (χ4n) is 3.01. The van der Waals surface area contributed by atoms with Gasteiger partial charge in [0.15, 0.2) is 0 Å². The normalized spacial score (nSPS) is 18.0. The van der Waals surface area contributed by atoms with Crippen molar-refractivity contribution in [2.75, 3.05) is 18.0 Å². The molecule has 24 heavy (non-hydrogen) atoms. The lowest BCUT2D eigenvalue weighted by atomic mass is 10.1. The molecule has 5 heteroatoms. The Bertz CT molecular complexity index is 773. The van der Waals surface area contributed by atoms with E-state index in [4.69, 9.17) is 11.6 Å². The van der Waals surface area contributed by atoms with Crippen LogP contribution in [0.3, 0.4) is 0 Å². The Morgan fingerprint density at radius 1 is 1.08 bits per heavy atom. The number of piperazine rings is 1. The molecule has 124 valence electrons. The summed E-state index contributed by atoms with van der Waals surface area (Å²) < 4.78 is 0. The minimum atomic E-state index is -0.499. The standard InChI is InChI=1S/C19H19ClN2O2/c1-13-5-3-4-6-17(13)22-12-11-21(14(2)18(22)23)19(24)15-7-9-16(20)10-8-15/h3-10,14H,11-12H2,1-2H3/t14-/m1/s1. The monoisotopic (exact) mass is 342 g/mol. The van der Waals surface area contributed by atoms with Gasteiger partial charge in [0.05, 0.1) is 0 Å². The average molecular weight is 343 g/mol. The number of anilines is 1. The first-order chi connectivity index (χ1) is 11.5. The van der Waals surface area contributed by atoms with Gasteiger partial charge in [-0.3, -0.25) is 9.59 Å². The van der Waals surface area contributed by atoms with Gasteiger partial charge >= 0.3 is 0 Å². The number of benzene rings is 2. The number of para-hydroxylation sites is 1. The molecule has 1 atom stereocenters. The van der Waals surface area contributed by atoms with Crippen LogP contribution in [-0.2, 0) is 4.79 Å². The van der Waals surface area contributed by atoms with Crippen molar-refractivity contribution >= 4 is 29.1 Å². The quantitative estimate of drug-likeness (QED) is 0.837. The zero-order valence-corrected chi connectivity index (χ0v) is 14.5. The van der Waals surface area contributed by atoms with Crippen molar-refractivity contribution < 1.29 is 9.59 Å². The number of carbonyl (C=O) groups is 2. The lowest BCUT2D eigenvalue weighted by Crippen LogP contribution is -2.57.